The van der Waals surface area contributed by atoms with E-state index in [1.165, 1.54) is 12.1 Å². The zero-order valence-electron chi connectivity index (χ0n) is 6.77. The van der Waals surface area contributed by atoms with Gasteiger partial charge in [-0.15, -0.1) is 0 Å². The van der Waals surface area contributed by atoms with Gasteiger partial charge in [0.1, 0.15) is 5.82 Å². The fraction of sp³-hybridized carbons (Fsp3) is 0.111. The maximum absolute atomic E-state index is 13.0. The predicted molar refractivity (Wildman–Crippen MR) is 51.2 cm³/mol. The van der Waals surface area contributed by atoms with Gasteiger partial charge in [0, 0.05) is 18.1 Å². The van der Waals surface area contributed by atoms with Crippen LogP contribution in [0.15, 0.2) is 18.3 Å². The topological polar surface area (TPSA) is 41.8 Å². The van der Waals surface area contributed by atoms with Crippen molar-refractivity contribution in [2.75, 3.05) is 0 Å². The molecule has 1 heterocycles. The highest BCUT2D eigenvalue weighted by atomic mass is 35.5. The first-order chi connectivity index (χ1) is 6.22. The highest BCUT2D eigenvalue weighted by molar-refractivity contribution is 6.35. The molecule has 2 rings (SSSR count). The lowest BCUT2D eigenvalue weighted by molar-refractivity contribution is 0.629. The number of aromatic amines is 1. The van der Waals surface area contributed by atoms with Crippen LogP contribution in [0.25, 0.3) is 10.9 Å². The molecule has 0 fully saturated rings. The zero-order valence-corrected chi connectivity index (χ0v) is 7.53. The average molecular weight is 199 g/mol. The van der Waals surface area contributed by atoms with Crippen molar-refractivity contribution < 1.29 is 4.39 Å². The smallest absolute Gasteiger partial charge is 0.125 e. The third-order valence-electron chi connectivity index (χ3n) is 2.01. The Morgan fingerprint density at radius 3 is 2.92 bits per heavy atom. The Labute approximate surface area is 79.5 Å². The van der Waals surface area contributed by atoms with E-state index in [-0.39, 0.29) is 5.82 Å². The molecular formula is C9H8ClFN2. The number of fused-ring (bicyclic) bond motifs is 1. The van der Waals surface area contributed by atoms with Crippen LogP contribution in [-0.2, 0) is 6.54 Å². The number of hydrogen-bond acceptors (Lipinski definition) is 1. The second-order valence-corrected chi connectivity index (χ2v) is 3.24. The summed E-state index contributed by atoms with van der Waals surface area (Å²) in [6.07, 6.45) is 1.75. The van der Waals surface area contributed by atoms with E-state index in [4.69, 9.17) is 17.3 Å². The van der Waals surface area contributed by atoms with Gasteiger partial charge in [0.15, 0.2) is 0 Å². The third-order valence-corrected chi connectivity index (χ3v) is 2.31. The quantitative estimate of drug-likeness (QED) is 0.726. The highest BCUT2D eigenvalue weighted by Crippen LogP contribution is 2.26. The molecule has 0 saturated carbocycles. The lowest BCUT2D eigenvalue weighted by Gasteiger charge is -1.96. The molecule has 68 valence electrons. The van der Waals surface area contributed by atoms with Crippen molar-refractivity contribution in [2.45, 2.75) is 6.54 Å². The third kappa shape index (κ3) is 1.30. The van der Waals surface area contributed by atoms with E-state index in [0.717, 1.165) is 16.5 Å². The maximum Gasteiger partial charge on any atom is 0.125 e. The first-order valence-electron chi connectivity index (χ1n) is 3.87. The normalized spacial score (nSPS) is 11.0. The first-order valence-corrected chi connectivity index (χ1v) is 4.25. The minimum atomic E-state index is -0.341. The monoisotopic (exact) mass is 198 g/mol. The molecule has 0 aliphatic carbocycles. The molecule has 0 unspecified atom stereocenters. The number of halogens is 2. The van der Waals surface area contributed by atoms with E-state index >= 15 is 0 Å². The lowest BCUT2D eigenvalue weighted by atomic mass is 10.2. The molecular weight excluding hydrogens is 191 g/mol. The van der Waals surface area contributed by atoms with Crippen LogP contribution in [0.2, 0.25) is 5.02 Å². The number of benzene rings is 1. The summed E-state index contributed by atoms with van der Waals surface area (Å²) in [5.41, 5.74) is 7.09. The van der Waals surface area contributed by atoms with Crippen LogP contribution in [-0.4, -0.2) is 4.98 Å². The van der Waals surface area contributed by atoms with E-state index in [1.807, 2.05) is 0 Å². The Morgan fingerprint density at radius 1 is 1.46 bits per heavy atom. The fourth-order valence-corrected chi connectivity index (χ4v) is 1.64. The number of rotatable bonds is 1. The minimum absolute atomic E-state index is 0.341. The SMILES string of the molecule is NCc1c[nH]c2c(Cl)cc(F)cc12. The summed E-state index contributed by atoms with van der Waals surface area (Å²) in [6, 6.07) is 2.71. The van der Waals surface area contributed by atoms with Gasteiger partial charge >= 0.3 is 0 Å². The highest BCUT2D eigenvalue weighted by Gasteiger charge is 2.07. The van der Waals surface area contributed by atoms with Crippen LogP contribution in [0, 0.1) is 5.82 Å². The summed E-state index contributed by atoms with van der Waals surface area (Å²) < 4.78 is 13.0. The van der Waals surface area contributed by atoms with Crippen LogP contribution >= 0.6 is 11.6 Å². The summed E-state index contributed by atoms with van der Waals surface area (Å²) in [7, 11) is 0. The van der Waals surface area contributed by atoms with Gasteiger partial charge in [-0.3, -0.25) is 0 Å². The average Bonchev–Trinajstić information content (AvgIpc) is 2.47. The van der Waals surface area contributed by atoms with Crippen molar-refractivity contribution in [3.63, 3.8) is 0 Å². The summed E-state index contributed by atoms with van der Waals surface area (Å²) in [5.74, 6) is -0.341. The second-order valence-electron chi connectivity index (χ2n) is 2.83. The van der Waals surface area contributed by atoms with Crippen molar-refractivity contribution >= 4 is 22.5 Å². The Morgan fingerprint density at radius 2 is 2.23 bits per heavy atom. The molecule has 2 aromatic rings. The summed E-state index contributed by atoms with van der Waals surface area (Å²) in [5, 5.41) is 1.14. The Hall–Kier alpha value is -1.06. The zero-order chi connectivity index (χ0) is 9.42. The molecule has 4 heteroatoms. The maximum atomic E-state index is 13.0. The molecule has 1 aromatic heterocycles. The predicted octanol–water partition coefficient (Wildman–Crippen LogP) is 2.42. The standard InChI is InChI=1S/C9H8ClFN2/c10-8-2-6(11)1-7-5(3-12)4-13-9(7)8/h1-2,4,13H,3,12H2. The molecule has 2 nitrogen and oxygen atoms in total. The van der Waals surface area contributed by atoms with Crippen molar-refractivity contribution in [2.24, 2.45) is 5.73 Å². The molecule has 3 N–H and O–H groups in total. The van der Waals surface area contributed by atoms with Crippen LogP contribution in [0.1, 0.15) is 5.56 Å². The summed E-state index contributed by atoms with van der Waals surface area (Å²) in [6.45, 7) is 0.375. The largest absolute Gasteiger partial charge is 0.360 e. The van der Waals surface area contributed by atoms with E-state index in [2.05, 4.69) is 4.98 Å². The second kappa shape index (κ2) is 3.01. The molecule has 0 spiro atoms. The summed E-state index contributed by atoms with van der Waals surface area (Å²) >= 11 is 5.82. The van der Waals surface area contributed by atoms with Crippen LogP contribution in [0.4, 0.5) is 4.39 Å². The van der Waals surface area contributed by atoms with E-state index < -0.39 is 0 Å². The van der Waals surface area contributed by atoms with Crippen molar-refractivity contribution in [3.8, 4) is 0 Å². The van der Waals surface area contributed by atoms with E-state index in [9.17, 15) is 4.39 Å². The minimum Gasteiger partial charge on any atom is -0.360 e. The van der Waals surface area contributed by atoms with Gasteiger partial charge < -0.3 is 10.7 Å². The molecule has 0 aliphatic rings. The van der Waals surface area contributed by atoms with Crippen LogP contribution < -0.4 is 5.73 Å². The van der Waals surface area contributed by atoms with Gasteiger partial charge in [0.2, 0.25) is 0 Å². The Balaban J connectivity index is 2.82. The molecule has 0 aliphatic heterocycles. The number of H-pyrrole nitrogens is 1. The van der Waals surface area contributed by atoms with Crippen LogP contribution in [0.3, 0.4) is 0 Å². The first kappa shape index (κ1) is 8.53. The van der Waals surface area contributed by atoms with Gasteiger partial charge in [-0.05, 0) is 17.7 Å². The summed E-state index contributed by atoms with van der Waals surface area (Å²) in [4.78, 5) is 2.96. The van der Waals surface area contributed by atoms with Crippen molar-refractivity contribution in [1.29, 1.82) is 0 Å². The molecule has 13 heavy (non-hydrogen) atoms. The number of nitrogens with one attached hydrogen (secondary N) is 1. The van der Waals surface area contributed by atoms with Gasteiger partial charge in [-0.2, -0.15) is 0 Å². The lowest BCUT2D eigenvalue weighted by Crippen LogP contribution is -1.94. The van der Waals surface area contributed by atoms with Crippen molar-refractivity contribution in [3.05, 3.63) is 34.7 Å². The molecule has 0 bridgehead atoms. The Bertz CT molecular complexity index is 450. The van der Waals surface area contributed by atoms with E-state index in [0.29, 0.717) is 11.6 Å². The number of aromatic nitrogens is 1. The molecule has 0 atom stereocenters. The van der Waals surface area contributed by atoms with Gasteiger partial charge in [-0.1, -0.05) is 11.6 Å². The molecule has 0 saturated heterocycles. The Kier molecular flexibility index (Phi) is 1.98. The van der Waals surface area contributed by atoms with Gasteiger partial charge in [-0.25, -0.2) is 4.39 Å². The van der Waals surface area contributed by atoms with Gasteiger partial charge in [0.05, 0.1) is 10.5 Å². The number of nitrogens with two attached hydrogens (primary N) is 1. The van der Waals surface area contributed by atoms with Gasteiger partial charge in [0.25, 0.3) is 0 Å². The molecule has 1 aromatic carbocycles. The van der Waals surface area contributed by atoms with Crippen molar-refractivity contribution in [1.82, 2.24) is 4.98 Å². The molecule has 0 radical (unpaired) electrons. The fourth-order valence-electron chi connectivity index (χ4n) is 1.38. The van der Waals surface area contributed by atoms with E-state index in [1.54, 1.807) is 6.20 Å². The molecule has 0 amide bonds. The van der Waals surface area contributed by atoms with Crippen LogP contribution in [0.5, 0.6) is 0 Å². The number of hydrogen-bond donors (Lipinski definition) is 2.